The lowest BCUT2D eigenvalue weighted by Gasteiger charge is -1.99. The molecule has 1 heterocycles. The fraction of sp³-hybridized carbons (Fsp3) is 0. The van der Waals surface area contributed by atoms with Crippen LogP contribution in [-0.2, 0) is 0 Å². The smallest absolute Gasteiger partial charge is 0.194 e. The van der Waals surface area contributed by atoms with Crippen LogP contribution in [0.1, 0.15) is 0 Å². The van der Waals surface area contributed by atoms with Crippen LogP contribution < -0.4 is 0 Å². The molecule has 1 nitrogen and oxygen atoms in total. The van der Waals surface area contributed by atoms with Crippen molar-refractivity contribution in [3.8, 4) is 10.6 Å². The molecule has 1 aromatic carbocycles. The largest absolute Gasteiger partial charge is 0.229 e. The molecule has 1 aromatic heterocycles. The Morgan fingerprint density at radius 2 is 1.73 bits per heavy atom. The Morgan fingerprint density at radius 3 is 2.20 bits per heavy atom. The molecule has 0 N–H and O–H groups in total. The molecule has 0 atom stereocenters. The zero-order chi connectivity index (χ0) is 11.0. The van der Waals surface area contributed by atoms with Crippen LogP contribution in [0.3, 0.4) is 0 Å². The van der Waals surface area contributed by atoms with Gasteiger partial charge in [0.1, 0.15) is 9.61 Å². The van der Waals surface area contributed by atoms with Gasteiger partial charge in [0.2, 0.25) is 0 Å². The minimum absolute atomic E-state index is 0.224. The van der Waals surface area contributed by atoms with Crippen LogP contribution in [0.25, 0.3) is 10.6 Å². The number of hydrogen-bond donors (Lipinski definition) is 0. The van der Waals surface area contributed by atoms with Gasteiger partial charge in [-0.3, -0.25) is 0 Å². The molecule has 0 saturated heterocycles. The average Bonchev–Trinajstić information content (AvgIpc) is 2.60. The molecule has 78 valence electrons. The van der Waals surface area contributed by atoms with E-state index in [2.05, 4.69) is 20.9 Å². The first-order chi connectivity index (χ1) is 7.08. The number of halogens is 4. The third-order valence-corrected chi connectivity index (χ3v) is 3.31. The highest BCUT2D eigenvalue weighted by Crippen LogP contribution is 2.28. The summed E-state index contributed by atoms with van der Waals surface area (Å²) in [6.45, 7) is 0. The van der Waals surface area contributed by atoms with E-state index in [-0.39, 0.29) is 5.56 Å². The second-order valence-electron chi connectivity index (χ2n) is 2.73. The number of hydrogen-bond acceptors (Lipinski definition) is 2. The van der Waals surface area contributed by atoms with E-state index < -0.39 is 17.5 Å². The molecule has 2 rings (SSSR count). The zero-order valence-corrected chi connectivity index (χ0v) is 9.50. The standard InChI is InChI=1S/C9H3BrF3NS/c10-7-3-15-9(14-7)4-1-5(11)8(13)6(12)2-4/h1-3H. The molecule has 0 aliphatic rings. The number of thiazole rings is 1. The van der Waals surface area contributed by atoms with Crippen molar-refractivity contribution >= 4 is 27.3 Å². The summed E-state index contributed by atoms with van der Waals surface area (Å²) in [5.74, 6) is -3.89. The summed E-state index contributed by atoms with van der Waals surface area (Å²) in [7, 11) is 0. The van der Waals surface area contributed by atoms with E-state index in [1.165, 1.54) is 11.3 Å². The Bertz CT molecular complexity index is 489. The molecular formula is C9H3BrF3NS. The molecule has 0 saturated carbocycles. The Balaban J connectivity index is 2.55. The maximum atomic E-state index is 12.9. The van der Waals surface area contributed by atoms with E-state index >= 15 is 0 Å². The first-order valence-corrected chi connectivity index (χ1v) is 5.51. The lowest BCUT2D eigenvalue weighted by molar-refractivity contribution is 0.447. The van der Waals surface area contributed by atoms with Crippen molar-refractivity contribution in [2.24, 2.45) is 0 Å². The SMILES string of the molecule is Fc1cc(-c2nc(Br)cs2)cc(F)c1F. The van der Waals surface area contributed by atoms with Crippen LogP contribution in [0.4, 0.5) is 13.2 Å². The van der Waals surface area contributed by atoms with E-state index in [1.54, 1.807) is 5.38 Å². The van der Waals surface area contributed by atoms with Crippen LogP contribution >= 0.6 is 27.3 Å². The van der Waals surface area contributed by atoms with E-state index in [0.29, 0.717) is 9.61 Å². The monoisotopic (exact) mass is 293 g/mol. The molecule has 2 aromatic rings. The summed E-state index contributed by atoms with van der Waals surface area (Å²) in [6.07, 6.45) is 0. The summed E-state index contributed by atoms with van der Waals surface area (Å²) in [6, 6.07) is 1.84. The highest BCUT2D eigenvalue weighted by Gasteiger charge is 2.13. The van der Waals surface area contributed by atoms with Gasteiger partial charge in [-0.15, -0.1) is 11.3 Å². The molecule has 6 heteroatoms. The molecule has 0 unspecified atom stereocenters. The van der Waals surface area contributed by atoms with E-state index in [4.69, 9.17) is 0 Å². The van der Waals surface area contributed by atoms with Crippen molar-refractivity contribution in [1.82, 2.24) is 4.98 Å². The lowest BCUT2D eigenvalue weighted by atomic mass is 10.2. The van der Waals surface area contributed by atoms with Crippen molar-refractivity contribution in [2.75, 3.05) is 0 Å². The van der Waals surface area contributed by atoms with Gasteiger partial charge in [0, 0.05) is 10.9 Å². The number of aromatic nitrogens is 1. The van der Waals surface area contributed by atoms with Gasteiger partial charge in [-0.05, 0) is 28.1 Å². The fourth-order valence-corrected chi connectivity index (χ4v) is 2.31. The predicted molar refractivity (Wildman–Crippen MR) is 55.1 cm³/mol. The van der Waals surface area contributed by atoms with Gasteiger partial charge < -0.3 is 0 Å². The quantitative estimate of drug-likeness (QED) is 0.725. The molecule has 0 radical (unpaired) electrons. The Hall–Kier alpha value is -0.880. The Kier molecular flexibility index (Phi) is 2.79. The second kappa shape index (κ2) is 3.94. The third kappa shape index (κ3) is 2.05. The Morgan fingerprint density at radius 1 is 1.13 bits per heavy atom. The van der Waals surface area contributed by atoms with Gasteiger partial charge in [0.25, 0.3) is 0 Å². The maximum absolute atomic E-state index is 12.9. The molecule has 0 bridgehead atoms. The molecule has 0 fully saturated rings. The molecule has 0 aliphatic heterocycles. The number of nitrogens with zero attached hydrogens (tertiary/aromatic N) is 1. The molecule has 0 amide bonds. The van der Waals surface area contributed by atoms with Gasteiger partial charge in [-0.1, -0.05) is 0 Å². The van der Waals surface area contributed by atoms with Crippen LogP contribution in [-0.4, -0.2) is 4.98 Å². The summed E-state index contributed by atoms with van der Waals surface area (Å²) in [4.78, 5) is 3.97. The van der Waals surface area contributed by atoms with Crippen LogP contribution in [0, 0.1) is 17.5 Å². The minimum Gasteiger partial charge on any atom is -0.229 e. The summed E-state index contributed by atoms with van der Waals surface area (Å²) in [5, 5.41) is 2.11. The maximum Gasteiger partial charge on any atom is 0.194 e. The minimum atomic E-state index is -1.46. The van der Waals surface area contributed by atoms with Crippen LogP contribution in [0.2, 0.25) is 0 Å². The van der Waals surface area contributed by atoms with Gasteiger partial charge in [-0.25, -0.2) is 18.2 Å². The summed E-state index contributed by atoms with van der Waals surface area (Å²) in [5.41, 5.74) is 0.224. The molecule has 0 aliphatic carbocycles. The van der Waals surface area contributed by atoms with Gasteiger partial charge in [0.15, 0.2) is 17.5 Å². The first-order valence-electron chi connectivity index (χ1n) is 3.84. The van der Waals surface area contributed by atoms with E-state index in [0.717, 1.165) is 12.1 Å². The van der Waals surface area contributed by atoms with Crippen molar-refractivity contribution < 1.29 is 13.2 Å². The molecule has 0 spiro atoms. The zero-order valence-electron chi connectivity index (χ0n) is 7.10. The van der Waals surface area contributed by atoms with E-state index in [1.807, 2.05) is 0 Å². The van der Waals surface area contributed by atoms with Gasteiger partial charge >= 0.3 is 0 Å². The molecule has 15 heavy (non-hydrogen) atoms. The van der Waals surface area contributed by atoms with Crippen molar-refractivity contribution in [1.29, 1.82) is 0 Å². The second-order valence-corrected chi connectivity index (χ2v) is 4.40. The number of benzene rings is 1. The van der Waals surface area contributed by atoms with Crippen LogP contribution in [0.15, 0.2) is 22.1 Å². The predicted octanol–water partition coefficient (Wildman–Crippen LogP) is 3.99. The normalized spacial score (nSPS) is 10.7. The molecular weight excluding hydrogens is 291 g/mol. The van der Waals surface area contributed by atoms with Gasteiger partial charge in [-0.2, -0.15) is 0 Å². The summed E-state index contributed by atoms with van der Waals surface area (Å²) >= 11 is 4.33. The average molecular weight is 294 g/mol. The lowest BCUT2D eigenvalue weighted by Crippen LogP contribution is -1.91. The number of rotatable bonds is 1. The van der Waals surface area contributed by atoms with E-state index in [9.17, 15) is 13.2 Å². The topological polar surface area (TPSA) is 12.9 Å². The van der Waals surface area contributed by atoms with Crippen molar-refractivity contribution in [3.63, 3.8) is 0 Å². The van der Waals surface area contributed by atoms with Crippen molar-refractivity contribution in [2.45, 2.75) is 0 Å². The van der Waals surface area contributed by atoms with Crippen molar-refractivity contribution in [3.05, 3.63) is 39.6 Å². The van der Waals surface area contributed by atoms with Crippen LogP contribution in [0.5, 0.6) is 0 Å². The highest BCUT2D eigenvalue weighted by atomic mass is 79.9. The first kappa shape index (κ1) is 10.6. The fourth-order valence-electron chi connectivity index (χ4n) is 1.07. The summed E-state index contributed by atoms with van der Waals surface area (Å²) < 4.78 is 39.0. The highest BCUT2D eigenvalue weighted by molar-refractivity contribution is 9.10. The Labute approximate surface area is 95.7 Å². The third-order valence-electron chi connectivity index (χ3n) is 1.71. The van der Waals surface area contributed by atoms with Gasteiger partial charge in [0.05, 0.1) is 0 Å².